The molecule has 0 saturated heterocycles. The molecule has 0 unspecified atom stereocenters. The maximum Gasteiger partial charge on any atom is -0.0359 e. The molecule has 0 aliphatic rings. The Kier molecular flexibility index (Phi) is 88.8. The van der Waals surface area contributed by atoms with Crippen molar-refractivity contribution in [3.8, 4) is 0 Å². The molecule has 332 valence electrons. The Morgan fingerprint density at radius 2 is 0.615 bits per heavy atom. The summed E-state index contributed by atoms with van der Waals surface area (Å²) in [6, 6.07) is 0. The van der Waals surface area contributed by atoms with Crippen LogP contribution in [-0.2, 0) is 0 Å². The minimum absolute atomic E-state index is 0.542. The fraction of sp³-hybridized carbons (Fsp3) is 1.00. The third kappa shape index (κ3) is 133. The highest BCUT2D eigenvalue weighted by Gasteiger charge is 2.10. The van der Waals surface area contributed by atoms with Crippen LogP contribution in [0.15, 0.2) is 0 Å². The molecular formula is C52H124. The van der Waals surface area contributed by atoms with Crippen LogP contribution in [0.25, 0.3) is 0 Å². The van der Waals surface area contributed by atoms with Gasteiger partial charge >= 0.3 is 0 Å². The highest BCUT2D eigenvalue weighted by Crippen LogP contribution is 2.22. The monoisotopic (exact) mass is 749 g/mol. The van der Waals surface area contributed by atoms with Gasteiger partial charge in [-0.3, -0.25) is 0 Å². The predicted octanol–water partition coefficient (Wildman–Crippen LogP) is 21.3. The molecule has 52 heavy (non-hydrogen) atoms. The second kappa shape index (κ2) is 60.3. The van der Waals surface area contributed by atoms with E-state index in [4.69, 9.17) is 0 Å². The lowest BCUT2D eigenvalue weighted by molar-refractivity contribution is 0.316. The molecule has 0 bridgehead atoms. The Labute approximate surface area is 342 Å². The minimum Gasteiger partial charge on any atom is -0.0683 e. The summed E-state index contributed by atoms with van der Waals surface area (Å²) in [6.07, 6.45) is 13.0. The molecule has 0 spiro atoms. The first-order chi connectivity index (χ1) is 23.6. The molecule has 0 radical (unpaired) electrons. The van der Waals surface area contributed by atoms with Gasteiger partial charge in [0.05, 0.1) is 0 Å². The van der Waals surface area contributed by atoms with Gasteiger partial charge < -0.3 is 0 Å². The van der Waals surface area contributed by atoms with E-state index in [9.17, 15) is 0 Å². The van der Waals surface area contributed by atoms with E-state index in [2.05, 4.69) is 208 Å². The van der Waals surface area contributed by atoms with Crippen LogP contribution in [-0.4, -0.2) is 0 Å². The lowest BCUT2D eigenvalue weighted by atomic mass is 9.88. The van der Waals surface area contributed by atoms with Gasteiger partial charge in [-0.25, -0.2) is 0 Å². The molecule has 0 nitrogen and oxygen atoms in total. The standard InChI is InChI=1S/C8H18.2C7H16.2C6H14.C5H12.2C4H10.C3H8.C2H6/c1-6(2)8(5)7(3)4;1-5-7(3,4)6-2;1-5-7(4)6(2)3;1-5-6(2,3)4;1-4-6(3)5-2;1-4-5(2)3;1-4(2)3;1-3-4-2;1-3-2;1-2/h6-8H,1-5H3;5-6H2,1-4H3;6-7H,5H2,1-4H3;5H2,1-4H3;6H,4-5H2,1-3H3;5H,4H2,1-3H3;4H,1-3H3;3-4H2,1-2H3;3H2,1-2H3;1-2H3/t;;7-;;;;;;;/m..0......./s1. The Bertz CT molecular complexity index is 462. The molecule has 0 aromatic carbocycles. The average Bonchev–Trinajstić information content (AvgIpc) is 3.09. The van der Waals surface area contributed by atoms with Gasteiger partial charge in [0.15, 0.2) is 0 Å². The zero-order valence-corrected chi connectivity index (χ0v) is 44.7. The second-order valence-corrected chi connectivity index (χ2v) is 18.9. The molecule has 0 amide bonds. The first-order valence-corrected chi connectivity index (χ1v) is 23.6. The van der Waals surface area contributed by atoms with Crippen LogP contribution in [0.2, 0.25) is 0 Å². The summed E-state index contributed by atoms with van der Waals surface area (Å²) in [5.41, 5.74) is 1.12. The Hall–Kier alpha value is 0. The topological polar surface area (TPSA) is 0 Å². The zero-order chi connectivity index (χ0) is 44.7. The highest BCUT2D eigenvalue weighted by atomic mass is 14.2. The van der Waals surface area contributed by atoms with E-state index in [0.717, 1.165) is 47.3 Å². The van der Waals surface area contributed by atoms with E-state index < -0.39 is 0 Å². The fourth-order valence-electron chi connectivity index (χ4n) is 1.78. The SMILES string of the molecule is CC.CC(C)C.CC(C)C(C)C(C)C.CCC.CCC(C)(C)C.CCC(C)(C)CC.CCC(C)C.CCC(C)CC.CCCC.CC[C@H](C)C(C)C. The first-order valence-electron chi connectivity index (χ1n) is 23.6. The van der Waals surface area contributed by atoms with E-state index in [0.29, 0.717) is 10.8 Å². The van der Waals surface area contributed by atoms with Crippen molar-refractivity contribution in [3.63, 3.8) is 0 Å². The quantitative estimate of drug-likeness (QED) is 0.209. The molecule has 0 aliphatic carbocycles. The van der Waals surface area contributed by atoms with Crippen molar-refractivity contribution in [2.75, 3.05) is 0 Å². The van der Waals surface area contributed by atoms with Crippen LogP contribution < -0.4 is 0 Å². The van der Waals surface area contributed by atoms with Gasteiger partial charge in [-0.15, -0.1) is 0 Å². The Morgan fingerprint density at radius 1 is 0.385 bits per heavy atom. The lowest BCUT2D eigenvalue weighted by Gasteiger charge is -2.18. The van der Waals surface area contributed by atoms with Crippen LogP contribution in [0.3, 0.4) is 0 Å². The molecule has 0 aliphatic heterocycles. The van der Waals surface area contributed by atoms with Crippen molar-refractivity contribution in [2.45, 2.75) is 286 Å². The summed E-state index contributed by atoms with van der Waals surface area (Å²) >= 11 is 0. The van der Waals surface area contributed by atoms with Gasteiger partial charge in [0, 0.05) is 0 Å². The number of rotatable bonds is 10. The molecule has 0 aromatic heterocycles. The number of hydrogen-bond donors (Lipinski definition) is 0. The van der Waals surface area contributed by atoms with Crippen LogP contribution in [0, 0.1) is 58.2 Å². The van der Waals surface area contributed by atoms with Crippen LogP contribution >= 0.6 is 0 Å². The van der Waals surface area contributed by atoms with Gasteiger partial charge in [-0.1, -0.05) is 286 Å². The van der Waals surface area contributed by atoms with E-state index >= 15 is 0 Å². The van der Waals surface area contributed by atoms with Gasteiger partial charge in [0.25, 0.3) is 0 Å². The minimum atomic E-state index is 0.542. The normalized spacial score (nSPS) is 10.7. The summed E-state index contributed by atoms with van der Waals surface area (Å²) in [5, 5.41) is 0. The molecule has 0 saturated carbocycles. The lowest BCUT2D eigenvalue weighted by Crippen LogP contribution is -2.10. The number of hydrogen-bond acceptors (Lipinski definition) is 0. The van der Waals surface area contributed by atoms with Crippen molar-refractivity contribution in [2.24, 2.45) is 58.2 Å². The molecule has 0 heterocycles. The second-order valence-electron chi connectivity index (χ2n) is 18.9. The van der Waals surface area contributed by atoms with Crippen molar-refractivity contribution in [3.05, 3.63) is 0 Å². The maximum absolute atomic E-state index is 2.31. The van der Waals surface area contributed by atoms with E-state index in [1.54, 1.807) is 0 Å². The highest BCUT2D eigenvalue weighted by molar-refractivity contribution is 4.62. The summed E-state index contributed by atoms with van der Waals surface area (Å²) in [4.78, 5) is 0. The molecule has 0 rings (SSSR count). The maximum atomic E-state index is 2.31. The molecule has 0 fully saturated rings. The molecule has 0 aromatic rings. The van der Waals surface area contributed by atoms with Crippen molar-refractivity contribution in [1.82, 2.24) is 0 Å². The molecule has 1 atom stereocenters. The summed E-state index contributed by atoms with van der Waals surface area (Å²) in [6.45, 7) is 71.0. The van der Waals surface area contributed by atoms with Crippen LogP contribution in [0.1, 0.15) is 286 Å². The van der Waals surface area contributed by atoms with Gasteiger partial charge in [-0.2, -0.15) is 0 Å². The van der Waals surface area contributed by atoms with Gasteiger partial charge in [0.2, 0.25) is 0 Å². The number of unbranched alkanes of at least 4 members (excludes halogenated alkanes) is 1. The summed E-state index contributed by atoms with van der Waals surface area (Å²) in [7, 11) is 0. The van der Waals surface area contributed by atoms with E-state index in [1.165, 1.54) is 64.2 Å². The van der Waals surface area contributed by atoms with Crippen LogP contribution in [0.5, 0.6) is 0 Å². The predicted molar refractivity (Wildman–Crippen MR) is 261 cm³/mol. The van der Waals surface area contributed by atoms with Crippen LogP contribution in [0.4, 0.5) is 0 Å². The van der Waals surface area contributed by atoms with Gasteiger partial charge in [-0.05, 0) is 58.2 Å². The largest absolute Gasteiger partial charge is 0.0683 e. The smallest absolute Gasteiger partial charge is 0.0359 e. The van der Waals surface area contributed by atoms with Gasteiger partial charge in [0.1, 0.15) is 0 Å². The van der Waals surface area contributed by atoms with Crippen molar-refractivity contribution in [1.29, 1.82) is 0 Å². The summed E-state index contributed by atoms with van der Waals surface area (Å²) in [5.74, 6) is 6.98. The molecule has 0 heteroatoms. The molecular weight excluding hydrogens is 625 g/mol. The van der Waals surface area contributed by atoms with E-state index in [1.807, 2.05) is 13.8 Å². The first kappa shape index (κ1) is 76.7. The van der Waals surface area contributed by atoms with Crippen molar-refractivity contribution < 1.29 is 0 Å². The van der Waals surface area contributed by atoms with Crippen molar-refractivity contribution >= 4 is 0 Å². The molecule has 0 N–H and O–H groups in total. The summed E-state index contributed by atoms with van der Waals surface area (Å²) < 4.78 is 0. The zero-order valence-electron chi connectivity index (χ0n) is 44.7. The Morgan fingerprint density at radius 3 is 0.615 bits per heavy atom. The van der Waals surface area contributed by atoms with E-state index in [-0.39, 0.29) is 0 Å². The third-order valence-electron chi connectivity index (χ3n) is 9.57. The third-order valence-corrected chi connectivity index (χ3v) is 9.57. The average molecular weight is 750 g/mol. The fourth-order valence-corrected chi connectivity index (χ4v) is 1.78. The Balaban J connectivity index is -0.0000000480.